The molecule has 100 valence electrons. The summed E-state index contributed by atoms with van der Waals surface area (Å²) >= 11 is 0. The van der Waals surface area contributed by atoms with Gasteiger partial charge in [0.25, 0.3) is 5.70 Å². The van der Waals surface area contributed by atoms with Gasteiger partial charge < -0.3 is 20.3 Å². The van der Waals surface area contributed by atoms with Crippen LogP contribution in [0.5, 0.6) is 0 Å². The van der Waals surface area contributed by atoms with Gasteiger partial charge in [-0.05, 0) is 12.8 Å². The van der Waals surface area contributed by atoms with Crippen LogP contribution in [0.25, 0.3) is 0 Å². The van der Waals surface area contributed by atoms with E-state index >= 15 is 0 Å². The molecule has 0 saturated carbocycles. The summed E-state index contributed by atoms with van der Waals surface area (Å²) in [7, 11) is 0. The Hall–Kier alpha value is -1.92. The van der Waals surface area contributed by atoms with Gasteiger partial charge in [-0.2, -0.15) is 0 Å². The van der Waals surface area contributed by atoms with Crippen LogP contribution in [-0.2, 0) is 4.74 Å². The molecule has 2 aliphatic rings. The van der Waals surface area contributed by atoms with Gasteiger partial charge in [-0.25, -0.2) is 0 Å². The summed E-state index contributed by atoms with van der Waals surface area (Å²) < 4.78 is 5.07. The zero-order chi connectivity index (χ0) is 12.8. The van der Waals surface area contributed by atoms with Crippen LogP contribution >= 0.6 is 0 Å². The monoisotopic (exact) mass is 254 g/mol. The van der Waals surface area contributed by atoms with Crippen LogP contribution in [-0.4, -0.2) is 36.2 Å². The fourth-order valence-electron chi connectivity index (χ4n) is 1.98. The van der Waals surface area contributed by atoms with Gasteiger partial charge in [0.05, 0.1) is 11.3 Å². The molecule has 0 atom stereocenters. The lowest BCUT2D eigenvalue weighted by Gasteiger charge is -2.13. The predicted octanol–water partition coefficient (Wildman–Crippen LogP) is 0.556. The minimum atomic E-state index is -0.311. The second-order valence-corrected chi connectivity index (χ2v) is 4.28. The van der Waals surface area contributed by atoms with E-state index in [4.69, 9.17) is 4.74 Å². The van der Waals surface area contributed by atoms with Crippen LogP contribution < -0.4 is 10.6 Å². The quantitative estimate of drug-likeness (QED) is 0.392. The van der Waals surface area contributed by atoms with E-state index in [-0.39, 0.29) is 10.6 Å². The van der Waals surface area contributed by atoms with Crippen molar-refractivity contribution < 1.29 is 9.66 Å². The Kier molecular flexibility index (Phi) is 4.27. The largest absolute Gasteiger partial charge is 0.479 e. The molecule has 0 bridgehead atoms. The molecular formula is C11H18N4O3. The van der Waals surface area contributed by atoms with Crippen LogP contribution in [0.4, 0.5) is 0 Å². The van der Waals surface area contributed by atoms with E-state index in [1.807, 2.05) is 6.20 Å². The molecule has 0 aromatic rings. The van der Waals surface area contributed by atoms with Gasteiger partial charge in [0.2, 0.25) is 0 Å². The van der Waals surface area contributed by atoms with Crippen LogP contribution in [0, 0.1) is 10.1 Å². The van der Waals surface area contributed by atoms with Gasteiger partial charge in [-0.3, -0.25) is 10.1 Å². The third-order valence-electron chi connectivity index (χ3n) is 2.95. The van der Waals surface area contributed by atoms with Gasteiger partial charge in [-0.1, -0.05) is 0 Å². The number of nitro groups is 1. The van der Waals surface area contributed by atoms with Crippen molar-refractivity contribution in [1.29, 1.82) is 0 Å². The molecule has 0 aromatic carbocycles. The minimum Gasteiger partial charge on any atom is -0.479 e. The second-order valence-electron chi connectivity index (χ2n) is 4.28. The van der Waals surface area contributed by atoms with E-state index in [2.05, 4.69) is 15.5 Å². The molecule has 0 aliphatic carbocycles. The van der Waals surface area contributed by atoms with Crippen molar-refractivity contribution in [2.45, 2.75) is 19.3 Å². The molecule has 0 saturated heterocycles. The first-order valence-corrected chi connectivity index (χ1v) is 6.15. The van der Waals surface area contributed by atoms with E-state index in [9.17, 15) is 10.1 Å². The van der Waals surface area contributed by atoms with Crippen molar-refractivity contribution in [2.24, 2.45) is 0 Å². The highest BCUT2D eigenvalue weighted by Crippen LogP contribution is 2.11. The maximum atomic E-state index is 10.7. The number of hydrogen-bond donors (Lipinski definition) is 2. The lowest BCUT2D eigenvalue weighted by molar-refractivity contribution is -0.427. The van der Waals surface area contributed by atoms with E-state index in [0.29, 0.717) is 25.5 Å². The van der Waals surface area contributed by atoms with E-state index < -0.39 is 0 Å². The van der Waals surface area contributed by atoms with Crippen molar-refractivity contribution >= 4 is 0 Å². The van der Waals surface area contributed by atoms with Crippen molar-refractivity contribution in [3.05, 3.63) is 34.1 Å². The summed E-state index contributed by atoms with van der Waals surface area (Å²) in [5.41, 5.74) is 0.269. The Bertz CT molecular complexity index is 367. The zero-order valence-electron chi connectivity index (χ0n) is 10.2. The summed E-state index contributed by atoms with van der Waals surface area (Å²) in [4.78, 5) is 12.5. The third kappa shape index (κ3) is 3.28. The molecule has 0 radical (unpaired) electrons. The Balaban J connectivity index is 1.61. The first-order valence-electron chi connectivity index (χ1n) is 6.15. The first-order chi connectivity index (χ1) is 8.77. The van der Waals surface area contributed by atoms with Gasteiger partial charge in [-0.15, -0.1) is 0 Å². The lowest BCUT2D eigenvalue weighted by atomic mass is 10.3. The Morgan fingerprint density at radius 2 is 2.44 bits per heavy atom. The average molecular weight is 254 g/mol. The van der Waals surface area contributed by atoms with Crippen LogP contribution in [0.3, 0.4) is 0 Å². The minimum absolute atomic E-state index is 0.269. The normalized spacial score (nSPS) is 17.9. The molecule has 0 amide bonds. The zero-order valence-corrected chi connectivity index (χ0v) is 10.2. The molecular weight excluding hydrogens is 236 g/mol. The Labute approximate surface area is 106 Å². The highest BCUT2D eigenvalue weighted by molar-refractivity contribution is 5.09. The summed E-state index contributed by atoms with van der Waals surface area (Å²) in [6.07, 6.45) is 6.11. The molecule has 0 aromatic heterocycles. The highest BCUT2D eigenvalue weighted by Gasteiger charge is 2.23. The Morgan fingerprint density at radius 1 is 1.56 bits per heavy atom. The molecule has 0 spiro atoms. The standard InChI is InChI=1S/C11H18N4O3/c16-15(17)10-3-5-13-11(10)12-4-1-2-6-14-7-8-18-9-14/h7-8,12-13H,1-6,9H2. The summed E-state index contributed by atoms with van der Waals surface area (Å²) in [6.45, 7) is 2.98. The summed E-state index contributed by atoms with van der Waals surface area (Å²) in [6, 6.07) is 0. The molecule has 7 heteroatoms. The molecule has 2 aliphatic heterocycles. The maximum Gasteiger partial charge on any atom is 0.287 e. The molecule has 0 unspecified atom stereocenters. The lowest BCUT2D eigenvalue weighted by Crippen LogP contribution is -2.26. The van der Waals surface area contributed by atoms with E-state index in [0.717, 1.165) is 25.9 Å². The van der Waals surface area contributed by atoms with E-state index in [1.54, 1.807) is 6.26 Å². The van der Waals surface area contributed by atoms with Crippen molar-refractivity contribution in [3.63, 3.8) is 0 Å². The molecule has 2 heterocycles. The average Bonchev–Trinajstić information content (AvgIpc) is 2.98. The second kappa shape index (κ2) is 6.13. The number of hydrogen-bond acceptors (Lipinski definition) is 6. The third-order valence-corrected chi connectivity index (χ3v) is 2.95. The topological polar surface area (TPSA) is 79.7 Å². The molecule has 2 rings (SSSR count). The predicted molar refractivity (Wildman–Crippen MR) is 65.7 cm³/mol. The van der Waals surface area contributed by atoms with Gasteiger partial charge in [0.1, 0.15) is 6.26 Å². The molecule has 2 N–H and O–H groups in total. The van der Waals surface area contributed by atoms with Crippen molar-refractivity contribution in [1.82, 2.24) is 15.5 Å². The fourth-order valence-corrected chi connectivity index (χ4v) is 1.98. The van der Waals surface area contributed by atoms with E-state index in [1.165, 1.54) is 0 Å². The summed E-state index contributed by atoms with van der Waals surface area (Å²) in [5, 5.41) is 16.8. The first kappa shape index (κ1) is 12.5. The highest BCUT2D eigenvalue weighted by atomic mass is 16.6. The smallest absolute Gasteiger partial charge is 0.287 e. The van der Waals surface area contributed by atoms with Crippen LogP contribution in [0.2, 0.25) is 0 Å². The number of rotatable bonds is 7. The SMILES string of the molecule is O=[N+]([O-])C1=C(NCCCCN2C=COC2)NCC1. The number of unbranched alkanes of at least 4 members (excludes halogenated alkanes) is 1. The van der Waals surface area contributed by atoms with Gasteiger partial charge >= 0.3 is 0 Å². The molecule has 7 nitrogen and oxygen atoms in total. The molecule has 18 heavy (non-hydrogen) atoms. The van der Waals surface area contributed by atoms with Crippen molar-refractivity contribution in [2.75, 3.05) is 26.4 Å². The number of nitrogens with one attached hydrogen (secondary N) is 2. The Morgan fingerprint density at radius 3 is 3.17 bits per heavy atom. The van der Waals surface area contributed by atoms with Gasteiger partial charge in [0.15, 0.2) is 12.6 Å². The van der Waals surface area contributed by atoms with Crippen molar-refractivity contribution in [3.8, 4) is 0 Å². The number of nitrogens with zero attached hydrogens (tertiary/aromatic N) is 2. The van der Waals surface area contributed by atoms with Crippen LogP contribution in [0.15, 0.2) is 24.0 Å². The van der Waals surface area contributed by atoms with Gasteiger partial charge in [0, 0.05) is 25.8 Å². The summed E-state index contributed by atoms with van der Waals surface area (Å²) in [5.74, 6) is 0.587. The number of ether oxygens (including phenoxy) is 1. The molecule has 0 fully saturated rings. The van der Waals surface area contributed by atoms with Crippen LogP contribution in [0.1, 0.15) is 19.3 Å². The maximum absolute atomic E-state index is 10.7. The fraction of sp³-hybridized carbons (Fsp3) is 0.636.